The van der Waals surface area contributed by atoms with E-state index in [0.717, 1.165) is 29.4 Å². The molecule has 1 saturated heterocycles. The van der Waals surface area contributed by atoms with Crippen LogP contribution in [0.2, 0.25) is 0 Å². The SMILES string of the molecule is O=C(c1coc(COc2ccc3ncccc3c2)n1)N1CC[C@@H]1c1ccccc1. The van der Waals surface area contributed by atoms with E-state index in [4.69, 9.17) is 9.15 Å². The number of rotatable bonds is 5. The average molecular weight is 385 g/mol. The van der Waals surface area contributed by atoms with E-state index in [1.54, 1.807) is 6.20 Å². The van der Waals surface area contributed by atoms with Crippen molar-refractivity contribution in [3.8, 4) is 5.75 Å². The van der Waals surface area contributed by atoms with Gasteiger partial charge in [-0.1, -0.05) is 36.4 Å². The van der Waals surface area contributed by atoms with E-state index in [9.17, 15) is 4.79 Å². The summed E-state index contributed by atoms with van der Waals surface area (Å²) in [5.41, 5.74) is 2.36. The summed E-state index contributed by atoms with van der Waals surface area (Å²) in [6.07, 6.45) is 4.13. The highest BCUT2D eigenvalue weighted by Gasteiger charge is 2.35. The highest BCUT2D eigenvalue weighted by atomic mass is 16.5. The smallest absolute Gasteiger partial charge is 0.276 e. The van der Waals surface area contributed by atoms with E-state index in [0.29, 0.717) is 17.3 Å². The Morgan fingerprint density at radius 3 is 2.86 bits per heavy atom. The van der Waals surface area contributed by atoms with Crippen molar-refractivity contribution < 1.29 is 13.9 Å². The van der Waals surface area contributed by atoms with Crippen LogP contribution in [0.5, 0.6) is 5.75 Å². The van der Waals surface area contributed by atoms with Gasteiger partial charge in [-0.25, -0.2) is 4.98 Å². The zero-order valence-corrected chi connectivity index (χ0v) is 15.7. The average Bonchev–Trinajstić information content (AvgIpc) is 3.21. The molecule has 1 fully saturated rings. The van der Waals surface area contributed by atoms with Crippen LogP contribution in [0, 0.1) is 0 Å². The lowest BCUT2D eigenvalue weighted by Gasteiger charge is -2.40. The number of pyridine rings is 1. The Morgan fingerprint density at radius 1 is 1.14 bits per heavy atom. The van der Waals surface area contributed by atoms with E-state index in [1.165, 1.54) is 6.26 Å². The predicted octanol–water partition coefficient (Wildman–Crippen LogP) is 4.39. The van der Waals surface area contributed by atoms with E-state index in [1.807, 2.05) is 65.6 Å². The molecular formula is C23H19N3O3. The molecule has 3 heterocycles. The van der Waals surface area contributed by atoms with Crippen molar-refractivity contribution in [1.82, 2.24) is 14.9 Å². The van der Waals surface area contributed by atoms with Crippen molar-refractivity contribution in [3.63, 3.8) is 0 Å². The summed E-state index contributed by atoms with van der Waals surface area (Å²) in [7, 11) is 0. The number of fused-ring (bicyclic) bond motifs is 1. The fourth-order valence-electron chi connectivity index (χ4n) is 3.56. The molecule has 4 aromatic rings. The molecule has 1 aliphatic heterocycles. The molecular weight excluding hydrogens is 366 g/mol. The van der Waals surface area contributed by atoms with Gasteiger partial charge in [-0.15, -0.1) is 0 Å². The number of carbonyl (C=O) groups excluding carboxylic acids is 1. The molecule has 0 N–H and O–H groups in total. The van der Waals surface area contributed by atoms with Gasteiger partial charge >= 0.3 is 0 Å². The maximum absolute atomic E-state index is 12.8. The third-order valence-corrected chi connectivity index (χ3v) is 5.17. The summed E-state index contributed by atoms with van der Waals surface area (Å²) in [5, 5.41) is 0.998. The summed E-state index contributed by atoms with van der Waals surface area (Å²) in [5.74, 6) is 0.955. The Balaban J connectivity index is 1.25. The first-order valence-corrected chi connectivity index (χ1v) is 9.56. The molecule has 2 aromatic carbocycles. The first-order chi connectivity index (χ1) is 14.3. The quantitative estimate of drug-likeness (QED) is 0.510. The second-order valence-electron chi connectivity index (χ2n) is 6.99. The number of nitrogens with zero attached hydrogens (tertiary/aromatic N) is 3. The van der Waals surface area contributed by atoms with Crippen LogP contribution >= 0.6 is 0 Å². The van der Waals surface area contributed by atoms with E-state index in [2.05, 4.69) is 9.97 Å². The van der Waals surface area contributed by atoms with Gasteiger partial charge in [-0.05, 0) is 36.2 Å². The number of benzene rings is 2. The molecule has 1 amide bonds. The number of hydrogen-bond acceptors (Lipinski definition) is 5. The van der Waals surface area contributed by atoms with Gasteiger partial charge in [0, 0.05) is 18.1 Å². The third kappa shape index (κ3) is 3.45. The van der Waals surface area contributed by atoms with Crippen LogP contribution in [0.3, 0.4) is 0 Å². The maximum Gasteiger partial charge on any atom is 0.276 e. The van der Waals surface area contributed by atoms with Crippen LogP contribution in [0.4, 0.5) is 0 Å². The van der Waals surface area contributed by atoms with Crippen LogP contribution in [-0.4, -0.2) is 27.3 Å². The first-order valence-electron chi connectivity index (χ1n) is 9.56. The topological polar surface area (TPSA) is 68.5 Å². The lowest BCUT2D eigenvalue weighted by atomic mass is 9.94. The van der Waals surface area contributed by atoms with Gasteiger partial charge in [0.2, 0.25) is 5.89 Å². The van der Waals surface area contributed by atoms with Gasteiger partial charge < -0.3 is 14.1 Å². The zero-order valence-electron chi connectivity index (χ0n) is 15.7. The number of amides is 1. The first kappa shape index (κ1) is 17.4. The van der Waals surface area contributed by atoms with Gasteiger partial charge in [0.1, 0.15) is 12.0 Å². The second-order valence-corrected chi connectivity index (χ2v) is 6.99. The Labute approximate surface area is 167 Å². The fraction of sp³-hybridized carbons (Fsp3) is 0.174. The summed E-state index contributed by atoms with van der Waals surface area (Å²) >= 11 is 0. The molecule has 5 rings (SSSR count). The molecule has 0 radical (unpaired) electrons. The van der Waals surface area contributed by atoms with Gasteiger partial charge in [-0.2, -0.15) is 0 Å². The number of oxazole rings is 1. The summed E-state index contributed by atoms with van der Waals surface area (Å²) in [6, 6.07) is 19.7. The number of ether oxygens (including phenoxy) is 1. The largest absolute Gasteiger partial charge is 0.484 e. The van der Waals surface area contributed by atoms with E-state index >= 15 is 0 Å². The molecule has 6 nitrogen and oxygen atoms in total. The minimum Gasteiger partial charge on any atom is -0.484 e. The normalized spacial score (nSPS) is 15.9. The number of hydrogen-bond donors (Lipinski definition) is 0. The third-order valence-electron chi connectivity index (χ3n) is 5.17. The Bertz CT molecular complexity index is 1160. The number of likely N-dealkylation sites (tertiary alicyclic amines) is 1. The standard InChI is InChI=1S/C23H19N3O3/c27-23(26-12-10-21(26)16-5-2-1-3-6-16)20-14-29-22(25-20)15-28-18-8-9-19-17(13-18)7-4-11-24-19/h1-9,11,13-14,21H,10,12,15H2/t21-/m1/s1. The van der Waals surface area contributed by atoms with E-state index < -0.39 is 0 Å². The number of aromatic nitrogens is 2. The van der Waals surface area contributed by atoms with Gasteiger partial charge in [0.15, 0.2) is 12.3 Å². The Morgan fingerprint density at radius 2 is 2.03 bits per heavy atom. The molecule has 0 bridgehead atoms. The van der Waals surface area contributed by atoms with Crippen molar-refractivity contribution in [2.45, 2.75) is 19.1 Å². The maximum atomic E-state index is 12.8. The minimum atomic E-state index is -0.114. The molecule has 0 unspecified atom stereocenters. The van der Waals surface area contributed by atoms with Crippen LogP contribution in [-0.2, 0) is 6.61 Å². The number of carbonyl (C=O) groups is 1. The minimum absolute atomic E-state index is 0.103. The molecule has 0 saturated carbocycles. The lowest BCUT2D eigenvalue weighted by Crippen LogP contribution is -2.45. The van der Waals surface area contributed by atoms with Crippen molar-refractivity contribution in [2.24, 2.45) is 0 Å². The summed E-state index contributed by atoms with van der Waals surface area (Å²) < 4.78 is 11.2. The lowest BCUT2D eigenvalue weighted by molar-refractivity contribution is 0.0454. The van der Waals surface area contributed by atoms with Crippen molar-refractivity contribution in [2.75, 3.05) is 6.54 Å². The van der Waals surface area contributed by atoms with Crippen molar-refractivity contribution >= 4 is 16.8 Å². The molecule has 2 aromatic heterocycles. The van der Waals surface area contributed by atoms with Gasteiger partial charge in [-0.3, -0.25) is 9.78 Å². The Kier molecular flexibility index (Phi) is 4.44. The zero-order chi connectivity index (χ0) is 19.6. The second kappa shape index (κ2) is 7.39. The summed E-state index contributed by atoms with van der Waals surface area (Å²) in [4.78, 5) is 23.2. The molecule has 144 valence electrons. The fourth-order valence-corrected chi connectivity index (χ4v) is 3.56. The van der Waals surface area contributed by atoms with Gasteiger partial charge in [0.25, 0.3) is 5.91 Å². The van der Waals surface area contributed by atoms with E-state index in [-0.39, 0.29) is 18.6 Å². The predicted molar refractivity (Wildman–Crippen MR) is 107 cm³/mol. The molecule has 6 heteroatoms. The van der Waals surface area contributed by atoms with Crippen LogP contribution < -0.4 is 4.74 Å². The van der Waals surface area contributed by atoms with Crippen molar-refractivity contribution in [3.05, 3.63) is 90.3 Å². The Hall–Kier alpha value is -3.67. The van der Waals surface area contributed by atoms with Crippen LogP contribution in [0.1, 0.15) is 34.4 Å². The molecule has 0 spiro atoms. The van der Waals surface area contributed by atoms with Crippen molar-refractivity contribution in [1.29, 1.82) is 0 Å². The molecule has 29 heavy (non-hydrogen) atoms. The summed E-state index contributed by atoms with van der Waals surface area (Å²) in [6.45, 7) is 0.878. The molecule has 0 aliphatic carbocycles. The van der Waals surface area contributed by atoms with Gasteiger partial charge in [0.05, 0.1) is 11.6 Å². The molecule has 1 atom stereocenters. The highest BCUT2D eigenvalue weighted by molar-refractivity contribution is 5.92. The highest BCUT2D eigenvalue weighted by Crippen LogP contribution is 2.34. The molecule has 1 aliphatic rings. The monoisotopic (exact) mass is 385 g/mol. The van der Waals surface area contributed by atoms with Crippen LogP contribution in [0.15, 0.2) is 77.5 Å². The van der Waals surface area contributed by atoms with Crippen LogP contribution in [0.25, 0.3) is 10.9 Å².